The summed E-state index contributed by atoms with van der Waals surface area (Å²) in [6, 6.07) is 7.88. The summed E-state index contributed by atoms with van der Waals surface area (Å²) >= 11 is 16.1. The number of benzene rings is 1. The van der Waals surface area contributed by atoms with Gasteiger partial charge in [-0.2, -0.15) is 5.10 Å². The van der Waals surface area contributed by atoms with Gasteiger partial charge in [-0.1, -0.05) is 36.7 Å². The van der Waals surface area contributed by atoms with E-state index >= 15 is 0 Å². The Hall–Kier alpha value is -0.510. The molecule has 1 aromatic carbocycles. The van der Waals surface area contributed by atoms with Gasteiger partial charge in [-0.05, 0) is 40.4 Å². The first kappa shape index (κ1) is 15.9. The van der Waals surface area contributed by atoms with Crippen molar-refractivity contribution in [3.05, 3.63) is 50.7 Å². The second-order valence-corrected chi connectivity index (χ2v) is 6.27. The molecule has 1 unspecified atom stereocenters. The van der Waals surface area contributed by atoms with Crippen molar-refractivity contribution in [1.82, 2.24) is 9.78 Å². The molecule has 20 heavy (non-hydrogen) atoms. The number of hydrogen-bond donors (Lipinski definition) is 0. The van der Waals surface area contributed by atoms with Gasteiger partial charge in [0.1, 0.15) is 0 Å². The standard InChI is InChI=1S/C15H17BrCl2N2/c1-3-13-15(16)14(20(2)19-13)8-10(9-17)11-6-4-5-7-12(11)18/h4-7,10H,3,8-9H2,1-2H3. The van der Waals surface area contributed by atoms with Gasteiger partial charge < -0.3 is 0 Å². The van der Waals surface area contributed by atoms with Crippen molar-refractivity contribution in [3.63, 3.8) is 0 Å². The highest BCUT2D eigenvalue weighted by molar-refractivity contribution is 9.10. The highest BCUT2D eigenvalue weighted by Crippen LogP contribution is 2.31. The van der Waals surface area contributed by atoms with Gasteiger partial charge in [-0.15, -0.1) is 11.6 Å². The minimum absolute atomic E-state index is 0.182. The highest BCUT2D eigenvalue weighted by atomic mass is 79.9. The van der Waals surface area contributed by atoms with Gasteiger partial charge in [0.15, 0.2) is 0 Å². The third-order valence-corrected chi connectivity index (χ3v) is 5.11. The first-order valence-electron chi connectivity index (χ1n) is 6.59. The Labute approximate surface area is 138 Å². The fraction of sp³-hybridized carbons (Fsp3) is 0.400. The molecule has 1 heterocycles. The first-order chi connectivity index (χ1) is 9.58. The van der Waals surface area contributed by atoms with Gasteiger partial charge in [-0.25, -0.2) is 0 Å². The van der Waals surface area contributed by atoms with Crippen molar-refractivity contribution in [2.75, 3.05) is 5.88 Å². The second-order valence-electron chi connectivity index (χ2n) is 4.76. The average molecular weight is 376 g/mol. The first-order valence-corrected chi connectivity index (χ1v) is 8.29. The van der Waals surface area contributed by atoms with E-state index in [9.17, 15) is 0 Å². The molecular formula is C15H17BrCl2N2. The monoisotopic (exact) mass is 374 g/mol. The van der Waals surface area contributed by atoms with Crippen LogP contribution in [0, 0.1) is 0 Å². The van der Waals surface area contributed by atoms with E-state index < -0.39 is 0 Å². The molecule has 0 aliphatic heterocycles. The van der Waals surface area contributed by atoms with Crippen molar-refractivity contribution >= 4 is 39.1 Å². The number of aromatic nitrogens is 2. The summed E-state index contributed by atoms with van der Waals surface area (Å²) < 4.78 is 3.02. The van der Waals surface area contributed by atoms with Gasteiger partial charge in [0.2, 0.25) is 0 Å². The van der Waals surface area contributed by atoms with Crippen LogP contribution in [-0.4, -0.2) is 15.7 Å². The number of aryl methyl sites for hydroxylation is 2. The maximum atomic E-state index is 6.28. The van der Waals surface area contributed by atoms with E-state index in [0.717, 1.165) is 39.3 Å². The third-order valence-electron chi connectivity index (χ3n) is 3.47. The van der Waals surface area contributed by atoms with E-state index in [2.05, 4.69) is 28.0 Å². The molecule has 2 nitrogen and oxygen atoms in total. The van der Waals surface area contributed by atoms with E-state index in [4.69, 9.17) is 23.2 Å². The Morgan fingerprint density at radius 3 is 2.60 bits per heavy atom. The minimum atomic E-state index is 0.182. The normalized spacial score (nSPS) is 12.7. The van der Waals surface area contributed by atoms with Crippen LogP contribution in [0.2, 0.25) is 5.02 Å². The number of alkyl halides is 1. The molecule has 0 spiro atoms. The molecule has 0 aliphatic rings. The minimum Gasteiger partial charge on any atom is -0.271 e. The molecule has 0 fully saturated rings. The summed E-state index contributed by atoms with van der Waals surface area (Å²) in [5.74, 6) is 0.713. The maximum absolute atomic E-state index is 6.28. The number of nitrogens with zero attached hydrogens (tertiary/aromatic N) is 2. The molecule has 0 bridgehead atoms. The van der Waals surface area contributed by atoms with Crippen molar-refractivity contribution in [2.45, 2.75) is 25.7 Å². The number of halogens is 3. The fourth-order valence-corrected chi connectivity index (χ4v) is 3.67. The van der Waals surface area contributed by atoms with E-state index in [0.29, 0.717) is 5.88 Å². The average Bonchev–Trinajstić information content (AvgIpc) is 2.72. The third kappa shape index (κ3) is 3.21. The van der Waals surface area contributed by atoms with Crippen molar-refractivity contribution < 1.29 is 0 Å². The van der Waals surface area contributed by atoms with Crippen LogP contribution >= 0.6 is 39.1 Å². The van der Waals surface area contributed by atoms with Gasteiger partial charge >= 0.3 is 0 Å². The van der Waals surface area contributed by atoms with Gasteiger partial charge in [0, 0.05) is 23.9 Å². The molecule has 0 aliphatic carbocycles. The molecule has 0 radical (unpaired) electrons. The maximum Gasteiger partial charge on any atom is 0.0766 e. The van der Waals surface area contributed by atoms with E-state index in [1.165, 1.54) is 0 Å². The molecule has 1 aromatic heterocycles. The van der Waals surface area contributed by atoms with Crippen molar-refractivity contribution in [2.24, 2.45) is 7.05 Å². The largest absolute Gasteiger partial charge is 0.271 e. The fourth-order valence-electron chi connectivity index (χ4n) is 2.33. The number of hydrogen-bond acceptors (Lipinski definition) is 1. The van der Waals surface area contributed by atoms with E-state index in [-0.39, 0.29) is 5.92 Å². The van der Waals surface area contributed by atoms with E-state index in [1.807, 2.05) is 36.0 Å². The zero-order chi connectivity index (χ0) is 14.7. The molecule has 0 saturated heterocycles. The van der Waals surface area contributed by atoms with Crippen LogP contribution in [0.15, 0.2) is 28.7 Å². The predicted octanol–water partition coefficient (Wildman–Crippen LogP) is 4.96. The Morgan fingerprint density at radius 2 is 2.05 bits per heavy atom. The van der Waals surface area contributed by atoms with Crippen LogP contribution in [0.1, 0.15) is 29.8 Å². The van der Waals surface area contributed by atoms with Gasteiger partial charge in [0.25, 0.3) is 0 Å². The lowest BCUT2D eigenvalue weighted by Crippen LogP contribution is -2.09. The predicted molar refractivity (Wildman–Crippen MR) is 88.9 cm³/mol. The molecular weight excluding hydrogens is 359 g/mol. The SMILES string of the molecule is CCc1nn(C)c(CC(CCl)c2ccccc2Cl)c1Br. The zero-order valence-corrected chi connectivity index (χ0v) is 14.6. The molecule has 1 atom stereocenters. The Balaban J connectivity index is 2.32. The second kappa shape index (κ2) is 6.97. The quantitative estimate of drug-likeness (QED) is 0.675. The van der Waals surface area contributed by atoms with E-state index in [1.54, 1.807) is 0 Å². The van der Waals surface area contributed by atoms with Crippen LogP contribution in [0.3, 0.4) is 0 Å². The summed E-state index contributed by atoms with van der Waals surface area (Å²) in [5, 5.41) is 5.30. The molecule has 0 saturated carbocycles. The van der Waals surface area contributed by atoms with Crippen LogP contribution in [0.25, 0.3) is 0 Å². The summed E-state index contributed by atoms with van der Waals surface area (Å²) in [4.78, 5) is 0. The van der Waals surface area contributed by atoms with Gasteiger partial charge in [0.05, 0.1) is 15.9 Å². The van der Waals surface area contributed by atoms with Crippen molar-refractivity contribution in [1.29, 1.82) is 0 Å². The summed E-state index contributed by atoms with van der Waals surface area (Å²) in [7, 11) is 1.97. The lowest BCUT2D eigenvalue weighted by molar-refractivity contribution is 0.654. The van der Waals surface area contributed by atoms with Crippen LogP contribution in [0.4, 0.5) is 0 Å². The molecule has 2 rings (SSSR count). The van der Waals surface area contributed by atoms with Gasteiger partial charge in [-0.3, -0.25) is 4.68 Å². The molecule has 5 heteroatoms. The smallest absolute Gasteiger partial charge is 0.0766 e. The lowest BCUT2D eigenvalue weighted by atomic mass is 9.95. The Bertz CT molecular complexity index is 596. The molecule has 0 N–H and O–H groups in total. The lowest BCUT2D eigenvalue weighted by Gasteiger charge is -2.16. The summed E-state index contributed by atoms with van der Waals surface area (Å²) in [5.41, 5.74) is 3.33. The molecule has 108 valence electrons. The molecule has 2 aromatic rings. The topological polar surface area (TPSA) is 17.8 Å². The zero-order valence-electron chi connectivity index (χ0n) is 11.5. The summed E-state index contributed by atoms with van der Waals surface area (Å²) in [6.45, 7) is 2.10. The Kier molecular flexibility index (Phi) is 5.53. The van der Waals surface area contributed by atoms with Crippen LogP contribution in [0.5, 0.6) is 0 Å². The summed E-state index contributed by atoms with van der Waals surface area (Å²) in [6.07, 6.45) is 1.73. The van der Waals surface area contributed by atoms with Crippen LogP contribution < -0.4 is 0 Å². The Morgan fingerprint density at radius 1 is 1.35 bits per heavy atom. The van der Waals surface area contributed by atoms with Crippen LogP contribution in [-0.2, 0) is 19.9 Å². The van der Waals surface area contributed by atoms with Crippen molar-refractivity contribution in [3.8, 4) is 0 Å². The number of rotatable bonds is 5. The molecule has 0 amide bonds. The highest BCUT2D eigenvalue weighted by Gasteiger charge is 2.20.